The lowest BCUT2D eigenvalue weighted by atomic mass is 9.94. The van der Waals surface area contributed by atoms with E-state index in [0.29, 0.717) is 31.7 Å². The van der Waals surface area contributed by atoms with E-state index in [1.165, 1.54) is 19.2 Å². The lowest BCUT2D eigenvalue weighted by Crippen LogP contribution is -2.47. The molecule has 2 aliphatic heterocycles. The molecule has 0 radical (unpaired) electrons. The topological polar surface area (TPSA) is 111 Å². The SMILES string of the molecule is COC(=O)c1cc(F)ccc1OC1CCN(C(=O)C2CCN(Cc3cnc(N)nc3)CC2)CC1. The fourth-order valence-electron chi connectivity index (χ4n) is 4.55. The van der Waals surface area contributed by atoms with Crippen molar-refractivity contribution in [2.45, 2.75) is 38.3 Å². The van der Waals surface area contributed by atoms with E-state index in [0.717, 1.165) is 44.1 Å². The second kappa shape index (κ2) is 10.8. The number of ether oxygens (including phenoxy) is 2. The molecule has 1 aromatic heterocycles. The lowest BCUT2D eigenvalue weighted by Gasteiger charge is -2.37. The minimum absolute atomic E-state index is 0.0272. The Morgan fingerprint density at radius 2 is 1.76 bits per heavy atom. The van der Waals surface area contributed by atoms with Crippen molar-refractivity contribution in [3.05, 3.63) is 47.5 Å². The Balaban J connectivity index is 1.24. The van der Waals surface area contributed by atoms with E-state index < -0.39 is 11.8 Å². The first-order chi connectivity index (χ1) is 16.4. The third kappa shape index (κ3) is 5.80. The van der Waals surface area contributed by atoms with E-state index in [1.807, 2.05) is 4.90 Å². The molecule has 34 heavy (non-hydrogen) atoms. The quantitative estimate of drug-likeness (QED) is 0.639. The van der Waals surface area contributed by atoms with Gasteiger partial charge in [-0.3, -0.25) is 9.69 Å². The van der Waals surface area contributed by atoms with Gasteiger partial charge in [-0.1, -0.05) is 0 Å². The molecule has 4 rings (SSSR count). The number of nitrogens with two attached hydrogens (primary N) is 1. The van der Waals surface area contributed by atoms with Crippen molar-refractivity contribution in [3.63, 3.8) is 0 Å². The predicted octanol–water partition coefficient (Wildman–Crippen LogP) is 2.27. The summed E-state index contributed by atoms with van der Waals surface area (Å²) in [7, 11) is 1.25. The summed E-state index contributed by atoms with van der Waals surface area (Å²) in [5, 5.41) is 0. The van der Waals surface area contributed by atoms with Crippen LogP contribution >= 0.6 is 0 Å². The summed E-state index contributed by atoms with van der Waals surface area (Å²) in [4.78, 5) is 37.3. The van der Waals surface area contributed by atoms with Crippen LogP contribution in [0.3, 0.4) is 0 Å². The molecule has 0 bridgehead atoms. The number of nitrogen functional groups attached to an aromatic ring is 1. The van der Waals surface area contributed by atoms with Crippen LogP contribution in [-0.2, 0) is 16.1 Å². The van der Waals surface area contributed by atoms with Gasteiger partial charge in [-0.05, 0) is 44.1 Å². The smallest absolute Gasteiger partial charge is 0.341 e. The molecule has 3 heterocycles. The second-order valence-corrected chi connectivity index (χ2v) is 8.77. The molecule has 2 aliphatic rings. The molecule has 1 amide bonds. The first-order valence-electron chi connectivity index (χ1n) is 11.5. The van der Waals surface area contributed by atoms with E-state index in [9.17, 15) is 14.0 Å². The van der Waals surface area contributed by atoms with Crippen LogP contribution in [0.25, 0.3) is 0 Å². The monoisotopic (exact) mass is 471 g/mol. The van der Waals surface area contributed by atoms with Crippen molar-refractivity contribution in [1.82, 2.24) is 19.8 Å². The first-order valence-corrected chi connectivity index (χ1v) is 11.5. The van der Waals surface area contributed by atoms with Crippen LogP contribution < -0.4 is 10.5 Å². The highest BCUT2D eigenvalue weighted by molar-refractivity contribution is 5.92. The van der Waals surface area contributed by atoms with Gasteiger partial charge >= 0.3 is 5.97 Å². The minimum Gasteiger partial charge on any atom is -0.489 e. The Labute approximate surface area is 198 Å². The molecule has 0 atom stereocenters. The Hall–Kier alpha value is -3.27. The number of benzene rings is 1. The number of aromatic nitrogens is 2. The Morgan fingerprint density at radius 3 is 2.41 bits per heavy atom. The van der Waals surface area contributed by atoms with Gasteiger partial charge in [0.2, 0.25) is 11.9 Å². The summed E-state index contributed by atoms with van der Waals surface area (Å²) in [6.07, 6.45) is 6.28. The molecular formula is C24H30FN5O4. The number of methoxy groups -OCH3 is 1. The van der Waals surface area contributed by atoms with Crippen LogP contribution in [0.15, 0.2) is 30.6 Å². The van der Waals surface area contributed by atoms with Gasteiger partial charge in [0.15, 0.2) is 0 Å². The van der Waals surface area contributed by atoms with E-state index in [1.54, 1.807) is 12.4 Å². The van der Waals surface area contributed by atoms with Crippen LogP contribution in [0, 0.1) is 11.7 Å². The maximum Gasteiger partial charge on any atom is 0.341 e. The number of esters is 1. The van der Waals surface area contributed by atoms with Gasteiger partial charge in [0.1, 0.15) is 23.2 Å². The lowest BCUT2D eigenvalue weighted by molar-refractivity contribution is -0.139. The van der Waals surface area contributed by atoms with Gasteiger partial charge < -0.3 is 20.1 Å². The third-order valence-corrected chi connectivity index (χ3v) is 6.46. The molecule has 0 spiro atoms. The number of hydrogen-bond donors (Lipinski definition) is 1. The van der Waals surface area contributed by atoms with Gasteiger partial charge in [-0.25, -0.2) is 19.2 Å². The van der Waals surface area contributed by atoms with E-state index in [4.69, 9.17) is 15.2 Å². The van der Waals surface area contributed by atoms with Gasteiger partial charge in [0.05, 0.1) is 7.11 Å². The molecule has 2 N–H and O–H groups in total. The normalized spacial score (nSPS) is 18.0. The molecule has 2 fully saturated rings. The largest absolute Gasteiger partial charge is 0.489 e. The maximum absolute atomic E-state index is 13.6. The summed E-state index contributed by atoms with van der Waals surface area (Å²) >= 11 is 0. The summed E-state index contributed by atoms with van der Waals surface area (Å²) < 4.78 is 24.3. The van der Waals surface area contributed by atoms with Crippen molar-refractivity contribution < 1.29 is 23.5 Å². The van der Waals surface area contributed by atoms with Gasteiger partial charge in [0.25, 0.3) is 0 Å². The molecule has 182 valence electrons. The number of amides is 1. The van der Waals surface area contributed by atoms with Crippen molar-refractivity contribution >= 4 is 17.8 Å². The molecule has 10 heteroatoms. The number of nitrogens with zero attached hydrogens (tertiary/aromatic N) is 4. The molecular weight excluding hydrogens is 441 g/mol. The summed E-state index contributed by atoms with van der Waals surface area (Å²) in [5.41, 5.74) is 6.62. The second-order valence-electron chi connectivity index (χ2n) is 8.77. The Kier molecular flexibility index (Phi) is 7.56. The number of rotatable bonds is 6. The van der Waals surface area contributed by atoms with Crippen molar-refractivity contribution in [2.75, 3.05) is 39.0 Å². The van der Waals surface area contributed by atoms with Crippen molar-refractivity contribution in [3.8, 4) is 5.75 Å². The summed E-state index contributed by atoms with van der Waals surface area (Å²) in [6.45, 7) is 3.64. The number of hydrogen-bond acceptors (Lipinski definition) is 8. The highest BCUT2D eigenvalue weighted by Crippen LogP contribution is 2.27. The van der Waals surface area contributed by atoms with E-state index in [-0.39, 0.29) is 29.4 Å². The van der Waals surface area contributed by atoms with Crippen molar-refractivity contribution in [2.24, 2.45) is 5.92 Å². The maximum atomic E-state index is 13.6. The number of anilines is 1. The molecule has 0 aliphatic carbocycles. The van der Waals surface area contributed by atoms with Gasteiger partial charge in [-0.15, -0.1) is 0 Å². The Bertz CT molecular complexity index is 1000. The first kappa shape index (κ1) is 23.9. The molecule has 2 aromatic rings. The molecule has 9 nitrogen and oxygen atoms in total. The van der Waals surface area contributed by atoms with E-state index >= 15 is 0 Å². The van der Waals surface area contributed by atoms with Gasteiger partial charge in [-0.2, -0.15) is 0 Å². The average molecular weight is 472 g/mol. The van der Waals surface area contributed by atoms with Crippen LogP contribution in [0.2, 0.25) is 0 Å². The van der Waals surface area contributed by atoms with E-state index in [2.05, 4.69) is 14.9 Å². The minimum atomic E-state index is -0.641. The summed E-state index contributed by atoms with van der Waals surface area (Å²) in [5.74, 6) is -0.371. The Morgan fingerprint density at radius 1 is 1.09 bits per heavy atom. The fourth-order valence-corrected chi connectivity index (χ4v) is 4.55. The van der Waals surface area contributed by atoms with Crippen LogP contribution in [0.4, 0.5) is 10.3 Å². The van der Waals surface area contributed by atoms with Gasteiger partial charge in [0, 0.05) is 56.4 Å². The average Bonchev–Trinajstić information content (AvgIpc) is 2.86. The van der Waals surface area contributed by atoms with Crippen molar-refractivity contribution in [1.29, 1.82) is 0 Å². The highest BCUT2D eigenvalue weighted by Gasteiger charge is 2.32. The zero-order valence-corrected chi connectivity index (χ0v) is 19.3. The third-order valence-electron chi connectivity index (χ3n) is 6.46. The molecule has 1 aromatic carbocycles. The fraction of sp³-hybridized carbons (Fsp3) is 0.500. The standard InChI is InChI=1S/C24H30FN5O4/c1-33-23(32)20-12-18(25)2-3-21(20)34-19-6-10-30(11-7-19)22(31)17-4-8-29(9-5-17)15-16-13-27-24(26)28-14-16/h2-3,12-14,17,19H,4-11,15H2,1H3,(H2,26,27,28). The molecule has 0 unspecified atom stereocenters. The van der Waals surface area contributed by atoms with Crippen LogP contribution in [0.1, 0.15) is 41.6 Å². The van der Waals surface area contributed by atoms with Crippen LogP contribution in [-0.4, -0.2) is 71.0 Å². The van der Waals surface area contributed by atoms with Crippen LogP contribution in [0.5, 0.6) is 5.75 Å². The summed E-state index contributed by atoms with van der Waals surface area (Å²) in [6, 6.07) is 3.82. The molecule has 0 saturated carbocycles. The number of likely N-dealkylation sites (tertiary alicyclic amines) is 2. The number of halogens is 1. The predicted molar refractivity (Wildman–Crippen MR) is 122 cm³/mol. The zero-order valence-electron chi connectivity index (χ0n) is 19.3. The molecule has 2 saturated heterocycles. The zero-order chi connectivity index (χ0) is 24.1. The number of piperidine rings is 2. The highest BCUT2D eigenvalue weighted by atomic mass is 19.1. The number of carbonyl (C=O) groups is 2. The number of carbonyl (C=O) groups excluding carboxylic acids is 2.